The summed E-state index contributed by atoms with van der Waals surface area (Å²) >= 11 is 5.94. The van der Waals surface area contributed by atoms with Crippen LogP contribution in [0.25, 0.3) is 0 Å². The molecule has 3 N–H and O–H groups in total. The quantitative estimate of drug-likeness (QED) is 0.830. The fourth-order valence-electron chi connectivity index (χ4n) is 1.30. The average Bonchev–Trinajstić information content (AvgIpc) is 2.26. The predicted molar refractivity (Wildman–Crippen MR) is 61.7 cm³/mol. The van der Waals surface area contributed by atoms with Crippen LogP contribution >= 0.6 is 11.6 Å². The summed E-state index contributed by atoms with van der Waals surface area (Å²) in [6.45, 7) is 1.99. The first-order valence-corrected chi connectivity index (χ1v) is 5.34. The van der Waals surface area contributed by atoms with Crippen LogP contribution in [-0.2, 0) is 11.3 Å². The van der Waals surface area contributed by atoms with Crippen molar-refractivity contribution in [3.63, 3.8) is 0 Å². The minimum Gasteiger partial charge on any atom is -0.479 e. The van der Waals surface area contributed by atoms with E-state index in [2.05, 4.69) is 0 Å². The maximum absolute atomic E-state index is 10.8. The van der Waals surface area contributed by atoms with Gasteiger partial charge in [0.05, 0.1) is 5.02 Å². The zero-order chi connectivity index (χ0) is 12.1. The summed E-state index contributed by atoms with van der Waals surface area (Å²) in [7, 11) is 0. The fraction of sp³-hybridized carbons (Fsp3) is 0.364. The van der Waals surface area contributed by atoms with E-state index in [0.29, 0.717) is 22.8 Å². The number of hydrogen-bond donors (Lipinski definition) is 2. The van der Waals surface area contributed by atoms with E-state index in [1.54, 1.807) is 25.1 Å². The zero-order valence-electron chi connectivity index (χ0n) is 8.94. The first-order valence-electron chi connectivity index (χ1n) is 4.97. The van der Waals surface area contributed by atoms with Gasteiger partial charge in [-0.15, -0.1) is 0 Å². The van der Waals surface area contributed by atoms with Crippen molar-refractivity contribution in [2.75, 3.05) is 0 Å². The maximum Gasteiger partial charge on any atom is 0.344 e. The maximum atomic E-state index is 10.8. The number of halogens is 1. The van der Waals surface area contributed by atoms with Gasteiger partial charge in [0.1, 0.15) is 5.75 Å². The molecule has 1 aromatic rings. The molecule has 1 aromatic carbocycles. The van der Waals surface area contributed by atoms with Crippen LogP contribution in [0.5, 0.6) is 5.75 Å². The number of hydrogen-bond acceptors (Lipinski definition) is 3. The second-order valence-corrected chi connectivity index (χ2v) is 3.69. The van der Waals surface area contributed by atoms with Crippen molar-refractivity contribution >= 4 is 17.6 Å². The molecule has 0 fully saturated rings. The van der Waals surface area contributed by atoms with Crippen molar-refractivity contribution in [1.82, 2.24) is 0 Å². The molecular formula is C11H14ClNO3. The molecule has 0 saturated heterocycles. The van der Waals surface area contributed by atoms with Crippen LogP contribution in [0.2, 0.25) is 5.02 Å². The molecule has 5 heteroatoms. The number of rotatable bonds is 5. The van der Waals surface area contributed by atoms with Crippen LogP contribution in [-0.4, -0.2) is 17.2 Å². The first kappa shape index (κ1) is 12.8. The standard InChI is InChI=1S/C11H14ClNO3/c1-2-9(11(14)15)16-10-7(6-13)4-3-5-8(10)12/h3-5,9H,2,6,13H2,1H3,(H,14,15). The SMILES string of the molecule is CCC(Oc1c(Cl)cccc1CN)C(=O)O. The molecule has 1 unspecified atom stereocenters. The number of carboxylic acid groups (broad SMARTS) is 1. The van der Waals surface area contributed by atoms with Crippen LogP contribution < -0.4 is 10.5 Å². The molecule has 0 bridgehead atoms. The lowest BCUT2D eigenvalue weighted by Gasteiger charge is -2.16. The van der Waals surface area contributed by atoms with Gasteiger partial charge < -0.3 is 15.6 Å². The normalized spacial score (nSPS) is 12.2. The van der Waals surface area contributed by atoms with Gasteiger partial charge in [-0.05, 0) is 12.5 Å². The molecule has 0 aliphatic carbocycles. The molecule has 0 saturated carbocycles. The second-order valence-electron chi connectivity index (χ2n) is 3.29. The highest BCUT2D eigenvalue weighted by molar-refractivity contribution is 6.32. The van der Waals surface area contributed by atoms with Crippen LogP contribution in [0.1, 0.15) is 18.9 Å². The molecule has 1 atom stereocenters. The average molecular weight is 244 g/mol. The molecule has 0 aliphatic rings. The highest BCUT2D eigenvalue weighted by atomic mass is 35.5. The summed E-state index contributed by atoms with van der Waals surface area (Å²) < 4.78 is 5.37. The van der Waals surface area contributed by atoms with Crippen LogP contribution in [0.15, 0.2) is 18.2 Å². The number of ether oxygens (including phenoxy) is 1. The lowest BCUT2D eigenvalue weighted by Crippen LogP contribution is -2.26. The molecule has 16 heavy (non-hydrogen) atoms. The van der Waals surface area contributed by atoms with E-state index in [0.717, 1.165) is 0 Å². The Bertz CT molecular complexity index is 381. The Morgan fingerprint density at radius 3 is 2.81 bits per heavy atom. The number of para-hydroxylation sites is 1. The summed E-state index contributed by atoms with van der Waals surface area (Å²) in [6.07, 6.45) is -0.532. The Morgan fingerprint density at radius 1 is 1.62 bits per heavy atom. The highest BCUT2D eigenvalue weighted by Crippen LogP contribution is 2.29. The van der Waals surface area contributed by atoms with Crippen molar-refractivity contribution in [3.05, 3.63) is 28.8 Å². The summed E-state index contributed by atoms with van der Waals surface area (Å²) in [5.41, 5.74) is 6.23. The van der Waals surface area contributed by atoms with Gasteiger partial charge in [-0.1, -0.05) is 30.7 Å². The summed E-state index contributed by atoms with van der Waals surface area (Å²) in [5.74, 6) is -0.647. The molecule has 0 radical (unpaired) electrons. The fourth-order valence-corrected chi connectivity index (χ4v) is 1.54. The number of benzene rings is 1. The Hall–Kier alpha value is -1.26. The van der Waals surface area contributed by atoms with E-state index in [-0.39, 0.29) is 6.54 Å². The Balaban J connectivity index is 2.98. The molecule has 1 rings (SSSR count). The molecule has 0 spiro atoms. The van der Waals surface area contributed by atoms with Crippen LogP contribution in [0.4, 0.5) is 0 Å². The topological polar surface area (TPSA) is 72.5 Å². The minimum atomic E-state index is -1.01. The minimum absolute atomic E-state index is 0.256. The smallest absolute Gasteiger partial charge is 0.344 e. The number of carboxylic acids is 1. The van der Waals surface area contributed by atoms with E-state index >= 15 is 0 Å². The molecule has 0 aromatic heterocycles. The van der Waals surface area contributed by atoms with Crippen molar-refractivity contribution in [2.45, 2.75) is 26.0 Å². The predicted octanol–water partition coefficient (Wildman–Crippen LogP) is 2.04. The van der Waals surface area contributed by atoms with E-state index in [9.17, 15) is 4.79 Å². The van der Waals surface area contributed by atoms with Crippen molar-refractivity contribution in [3.8, 4) is 5.75 Å². The van der Waals surface area contributed by atoms with E-state index < -0.39 is 12.1 Å². The third-order valence-electron chi connectivity index (χ3n) is 2.17. The molecule has 4 nitrogen and oxygen atoms in total. The van der Waals surface area contributed by atoms with Gasteiger partial charge in [0.2, 0.25) is 0 Å². The molecule has 88 valence electrons. The summed E-state index contributed by atoms with van der Waals surface area (Å²) in [4.78, 5) is 10.8. The number of carbonyl (C=O) groups is 1. The van der Waals surface area contributed by atoms with Gasteiger partial charge in [-0.25, -0.2) is 4.79 Å². The third kappa shape index (κ3) is 2.87. The van der Waals surface area contributed by atoms with Gasteiger partial charge in [0.15, 0.2) is 6.10 Å². The van der Waals surface area contributed by atoms with E-state index in [4.69, 9.17) is 27.2 Å². The largest absolute Gasteiger partial charge is 0.479 e. The Kier molecular flexibility index (Phi) is 4.58. The Morgan fingerprint density at radius 2 is 2.31 bits per heavy atom. The van der Waals surface area contributed by atoms with Crippen molar-refractivity contribution in [2.24, 2.45) is 5.73 Å². The first-order chi connectivity index (χ1) is 7.60. The molecule has 0 amide bonds. The second kappa shape index (κ2) is 5.72. The van der Waals surface area contributed by atoms with Gasteiger partial charge in [0, 0.05) is 12.1 Å². The summed E-state index contributed by atoms with van der Waals surface area (Å²) in [6, 6.07) is 5.15. The molecular weight excluding hydrogens is 230 g/mol. The van der Waals surface area contributed by atoms with Gasteiger partial charge in [-0.2, -0.15) is 0 Å². The van der Waals surface area contributed by atoms with Gasteiger partial charge in [0.25, 0.3) is 0 Å². The monoisotopic (exact) mass is 243 g/mol. The molecule has 0 aliphatic heterocycles. The number of nitrogens with two attached hydrogens (primary N) is 1. The lowest BCUT2D eigenvalue weighted by molar-refractivity contribution is -0.145. The molecule has 0 heterocycles. The van der Waals surface area contributed by atoms with Gasteiger partial charge >= 0.3 is 5.97 Å². The van der Waals surface area contributed by atoms with Crippen molar-refractivity contribution < 1.29 is 14.6 Å². The van der Waals surface area contributed by atoms with E-state index in [1.807, 2.05) is 0 Å². The van der Waals surface area contributed by atoms with Crippen LogP contribution in [0.3, 0.4) is 0 Å². The van der Waals surface area contributed by atoms with E-state index in [1.165, 1.54) is 0 Å². The van der Waals surface area contributed by atoms with Gasteiger partial charge in [-0.3, -0.25) is 0 Å². The van der Waals surface area contributed by atoms with Crippen molar-refractivity contribution in [1.29, 1.82) is 0 Å². The third-order valence-corrected chi connectivity index (χ3v) is 2.47. The highest BCUT2D eigenvalue weighted by Gasteiger charge is 2.19. The Labute approximate surface area is 99.0 Å². The zero-order valence-corrected chi connectivity index (χ0v) is 9.70. The summed E-state index contributed by atoms with van der Waals surface area (Å²) in [5, 5.41) is 9.27. The lowest BCUT2D eigenvalue weighted by atomic mass is 10.2. The van der Waals surface area contributed by atoms with Crippen LogP contribution in [0, 0.1) is 0 Å². The number of aliphatic carboxylic acids is 1.